The molecule has 0 radical (unpaired) electrons. The Morgan fingerprint density at radius 2 is 1.90 bits per heavy atom. The Morgan fingerprint density at radius 3 is 2.40 bits per heavy atom. The van der Waals surface area contributed by atoms with Gasteiger partial charge in [0.25, 0.3) is 0 Å². The first kappa shape index (κ1) is 17.4. The summed E-state index contributed by atoms with van der Waals surface area (Å²) in [5, 5.41) is 3.70. The maximum absolute atomic E-state index is 12.2. The maximum Gasteiger partial charge on any atom is 0.241 e. The van der Waals surface area contributed by atoms with Gasteiger partial charge in [0.2, 0.25) is 10.0 Å². The predicted octanol–water partition coefficient (Wildman–Crippen LogP) is 2.92. The van der Waals surface area contributed by atoms with E-state index in [1.165, 1.54) is 6.07 Å². The fraction of sp³-hybridized carbons (Fsp3) is 0.571. The van der Waals surface area contributed by atoms with Gasteiger partial charge >= 0.3 is 0 Å². The molecule has 1 aromatic rings. The molecule has 0 aromatic heterocycles. The van der Waals surface area contributed by atoms with E-state index in [-0.39, 0.29) is 4.90 Å². The van der Waals surface area contributed by atoms with Gasteiger partial charge < -0.3 is 5.32 Å². The lowest BCUT2D eigenvalue weighted by atomic mass is 10.1. The standard InChI is InChI=1S/C14H23ClN2O2S/c1-5-8-16-10-11-6-7-12(9-13(11)15)20(18,19)17-14(2,3)4/h6-7,9,16-17H,5,8,10H2,1-4H3. The second-order valence-corrected chi connectivity index (χ2v) is 7.88. The number of hydrogen-bond donors (Lipinski definition) is 2. The van der Waals surface area contributed by atoms with Crippen molar-refractivity contribution in [2.75, 3.05) is 6.54 Å². The van der Waals surface area contributed by atoms with Crippen LogP contribution in [0.4, 0.5) is 0 Å². The van der Waals surface area contributed by atoms with Gasteiger partial charge in [0, 0.05) is 17.1 Å². The van der Waals surface area contributed by atoms with Crippen molar-refractivity contribution >= 4 is 21.6 Å². The molecule has 0 saturated carbocycles. The summed E-state index contributed by atoms with van der Waals surface area (Å²) in [4.78, 5) is 0.191. The molecule has 0 amide bonds. The minimum Gasteiger partial charge on any atom is -0.313 e. The number of hydrogen-bond acceptors (Lipinski definition) is 3. The van der Waals surface area contributed by atoms with E-state index in [9.17, 15) is 8.42 Å². The van der Waals surface area contributed by atoms with Gasteiger partial charge in [-0.15, -0.1) is 0 Å². The van der Waals surface area contributed by atoms with E-state index in [4.69, 9.17) is 11.6 Å². The van der Waals surface area contributed by atoms with E-state index in [1.54, 1.807) is 32.9 Å². The highest BCUT2D eigenvalue weighted by Gasteiger charge is 2.22. The zero-order chi connectivity index (χ0) is 15.4. The van der Waals surface area contributed by atoms with Crippen molar-refractivity contribution in [1.82, 2.24) is 10.0 Å². The number of rotatable bonds is 6. The summed E-state index contributed by atoms with van der Waals surface area (Å²) in [7, 11) is -3.54. The van der Waals surface area contributed by atoms with Gasteiger partial charge in [0.1, 0.15) is 0 Å². The highest BCUT2D eigenvalue weighted by Crippen LogP contribution is 2.21. The minimum atomic E-state index is -3.54. The topological polar surface area (TPSA) is 58.2 Å². The summed E-state index contributed by atoms with van der Waals surface area (Å²) in [6, 6.07) is 4.84. The van der Waals surface area contributed by atoms with Crippen LogP contribution in [0.15, 0.2) is 23.1 Å². The first-order valence-corrected chi connectivity index (χ1v) is 8.55. The van der Waals surface area contributed by atoms with Crippen LogP contribution in [0.1, 0.15) is 39.7 Å². The van der Waals surface area contributed by atoms with Crippen LogP contribution in [0, 0.1) is 0 Å². The fourth-order valence-corrected chi connectivity index (χ4v) is 3.46. The lowest BCUT2D eigenvalue weighted by Crippen LogP contribution is -2.40. The average molecular weight is 319 g/mol. The number of benzene rings is 1. The Morgan fingerprint density at radius 1 is 1.25 bits per heavy atom. The van der Waals surface area contributed by atoms with Crippen LogP contribution in [0.2, 0.25) is 5.02 Å². The molecule has 1 aromatic carbocycles. The summed E-state index contributed by atoms with van der Waals surface area (Å²) in [5.41, 5.74) is 0.377. The zero-order valence-corrected chi connectivity index (χ0v) is 14.0. The van der Waals surface area contributed by atoms with Crippen LogP contribution >= 0.6 is 11.6 Å². The first-order chi connectivity index (χ1) is 9.15. The molecule has 0 spiro atoms. The summed E-state index contributed by atoms with van der Waals surface area (Å²) >= 11 is 6.15. The van der Waals surface area contributed by atoms with Gasteiger partial charge in [-0.05, 0) is 51.4 Å². The normalized spacial score (nSPS) is 12.7. The molecule has 0 bridgehead atoms. The quantitative estimate of drug-likeness (QED) is 0.793. The number of halogens is 1. The average Bonchev–Trinajstić information content (AvgIpc) is 2.28. The van der Waals surface area contributed by atoms with Crippen LogP contribution < -0.4 is 10.0 Å². The Bertz CT molecular complexity index is 551. The molecule has 0 unspecified atom stereocenters. The van der Waals surface area contributed by atoms with Crippen molar-refractivity contribution in [3.05, 3.63) is 28.8 Å². The van der Waals surface area contributed by atoms with Crippen LogP contribution in [-0.4, -0.2) is 20.5 Å². The van der Waals surface area contributed by atoms with Gasteiger partial charge in [0.05, 0.1) is 4.90 Å². The van der Waals surface area contributed by atoms with E-state index in [2.05, 4.69) is 17.0 Å². The van der Waals surface area contributed by atoms with Crippen molar-refractivity contribution < 1.29 is 8.42 Å². The molecule has 0 aliphatic rings. The highest BCUT2D eigenvalue weighted by molar-refractivity contribution is 7.89. The van der Waals surface area contributed by atoms with E-state index < -0.39 is 15.6 Å². The van der Waals surface area contributed by atoms with E-state index >= 15 is 0 Å². The lowest BCUT2D eigenvalue weighted by molar-refractivity contribution is 0.491. The largest absolute Gasteiger partial charge is 0.313 e. The van der Waals surface area contributed by atoms with Crippen LogP contribution in [0.5, 0.6) is 0 Å². The van der Waals surface area contributed by atoms with Crippen LogP contribution in [0.25, 0.3) is 0 Å². The summed E-state index contributed by atoms with van der Waals surface area (Å²) in [5.74, 6) is 0. The molecule has 20 heavy (non-hydrogen) atoms. The van der Waals surface area contributed by atoms with Gasteiger partial charge in [-0.25, -0.2) is 13.1 Å². The SMILES string of the molecule is CCCNCc1ccc(S(=O)(=O)NC(C)(C)C)cc1Cl. The van der Waals surface area contributed by atoms with Crippen molar-refractivity contribution in [2.24, 2.45) is 0 Å². The molecular formula is C14H23ClN2O2S. The van der Waals surface area contributed by atoms with E-state index in [0.717, 1.165) is 18.5 Å². The van der Waals surface area contributed by atoms with Gasteiger partial charge in [-0.2, -0.15) is 0 Å². The molecule has 0 fully saturated rings. The van der Waals surface area contributed by atoms with Gasteiger partial charge in [-0.3, -0.25) is 0 Å². The Balaban J connectivity index is 2.91. The molecule has 6 heteroatoms. The second-order valence-electron chi connectivity index (χ2n) is 5.79. The maximum atomic E-state index is 12.2. The van der Waals surface area contributed by atoms with Gasteiger partial charge in [-0.1, -0.05) is 24.6 Å². The summed E-state index contributed by atoms with van der Waals surface area (Å²) in [6.07, 6.45) is 1.04. The van der Waals surface area contributed by atoms with Crippen molar-refractivity contribution in [2.45, 2.75) is 51.1 Å². The van der Waals surface area contributed by atoms with E-state index in [0.29, 0.717) is 11.6 Å². The number of sulfonamides is 1. The molecule has 0 atom stereocenters. The monoisotopic (exact) mass is 318 g/mol. The molecule has 4 nitrogen and oxygen atoms in total. The Labute approximate surface area is 127 Å². The number of nitrogens with one attached hydrogen (secondary N) is 2. The molecule has 0 aliphatic carbocycles. The first-order valence-electron chi connectivity index (χ1n) is 6.69. The highest BCUT2D eigenvalue weighted by atomic mass is 35.5. The molecular weight excluding hydrogens is 296 g/mol. The smallest absolute Gasteiger partial charge is 0.241 e. The van der Waals surface area contributed by atoms with Crippen molar-refractivity contribution in [1.29, 1.82) is 0 Å². The van der Waals surface area contributed by atoms with Gasteiger partial charge in [0.15, 0.2) is 0 Å². The van der Waals surface area contributed by atoms with E-state index in [1.807, 2.05) is 0 Å². The summed E-state index contributed by atoms with van der Waals surface area (Å²) in [6.45, 7) is 9.03. The van der Waals surface area contributed by atoms with Crippen LogP contribution in [-0.2, 0) is 16.6 Å². The Hall–Kier alpha value is -0.620. The third-order valence-electron chi connectivity index (χ3n) is 2.52. The Kier molecular flexibility index (Phi) is 6.01. The van der Waals surface area contributed by atoms with Crippen LogP contribution in [0.3, 0.4) is 0 Å². The molecule has 0 aliphatic heterocycles. The zero-order valence-electron chi connectivity index (χ0n) is 12.5. The second kappa shape index (κ2) is 6.89. The molecule has 1 rings (SSSR count). The molecule has 114 valence electrons. The summed E-state index contributed by atoms with van der Waals surface area (Å²) < 4.78 is 27.0. The third kappa shape index (κ3) is 5.40. The molecule has 0 saturated heterocycles. The minimum absolute atomic E-state index is 0.191. The lowest BCUT2D eigenvalue weighted by Gasteiger charge is -2.20. The van der Waals surface area contributed by atoms with Crippen molar-refractivity contribution in [3.63, 3.8) is 0 Å². The molecule has 2 N–H and O–H groups in total. The predicted molar refractivity (Wildman–Crippen MR) is 83.5 cm³/mol. The molecule has 0 heterocycles. The fourth-order valence-electron chi connectivity index (χ4n) is 1.70. The third-order valence-corrected chi connectivity index (χ3v) is 4.63. The van der Waals surface area contributed by atoms with Crippen molar-refractivity contribution in [3.8, 4) is 0 Å².